The van der Waals surface area contributed by atoms with E-state index in [1.54, 1.807) is 19.9 Å². The van der Waals surface area contributed by atoms with Gasteiger partial charge in [0.05, 0.1) is 5.56 Å². The first kappa shape index (κ1) is 12.0. The van der Waals surface area contributed by atoms with Gasteiger partial charge in [-0.25, -0.2) is 4.79 Å². The van der Waals surface area contributed by atoms with Gasteiger partial charge in [-0.15, -0.1) is 0 Å². The molecule has 4 heteroatoms. The quantitative estimate of drug-likeness (QED) is 0.765. The molecule has 0 heterocycles. The number of carbonyl (C=O) groups is 2. The number of carboxylic acids is 1. The molecule has 1 aromatic carbocycles. The Balaban J connectivity index is 3.18. The third-order valence-electron chi connectivity index (χ3n) is 2.35. The number of aryl methyl sites for hydroxylation is 1. The summed E-state index contributed by atoms with van der Waals surface area (Å²) in [4.78, 5) is 22.0. The number of rotatable bonds is 3. The van der Waals surface area contributed by atoms with E-state index in [2.05, 4.69) is 11.9 Å². The van der Waals surface area contributed by atoms with Crippen molar-refractivity contribution in [2.45, 2.75) is 13.8 Å². The van der Waals surface area contributed by atoms with Gasteiger partial charge in [0.15, 0.2) is 0 Å². The summed E-state index contributed by atoms with van der Waals surface area (Å²) in [5.74, 6) is -1.37. The fraction of sp³-hybridized carbons (Fsp3) is 0.167. The van der Waals surface area contributed by atoms with Crippen LogP contribution in [0.5, 0.6) is 0 Å². The lowest BCUT2D eigenvalue weighted by Crippen LogP contribution is -2.10. The lowest BCUT2D eigenvalue weighted by atomic mass is 10.0. The molecule has 0 saturated heterocycles. The Kier molecular flexibility index (Phi) is 3.45. The van der Waals surface area contributed by atoms with Gasteiger partial charge in [0.2, 0.25) is 5.91 Å². The third-order valence-corrected chi connectivity index (χ3v) is 2.35. The first-order valence-electron chi connectivity index (χ1n) is 4.73. The van der Waals surface area contributed by atoms with Crippen LogP contribution in [0.2, 0.25) is 0 Å². The zero-order valence-corrected chi connectivity index (χ0v) is 9.20. The van der Waals surface area contributed by atoms with E-state index in [1.165, 1.54) is 6.07 Å². The minimum absolute atomic E-state index is 0.194. The molecule has 0 fully saturated rings. The van der Waals surface area contributed by atoms with Crippen LogP contribution in [0.15, 0.2) is 24.8 Å². The number of anilines is 1. The molecule has 0 bridgehead atoms. The van der Waals surface area contributed by atoms with Gasteiger partial charge in [-0.2, -0.15) is 0 Å². The van der Waals surface area contributed by atoms with Crippen LogP contribution in [-0.4, -0.2) is 17.0 Å². The van der Waals surface area contributed by atoms with E-state index in [0.717, 1.165) is 11.6 Å². The van der Waals surface area contributed by atoms with Crippen molar-refractivity contribution < 1.29 is 14.7 Å². The minimum Gasteiger partial charge on any atom is -0.478 e. The second kappa shape index (κ2) is 4.61. The predicted octanol–water partition coefficient (Wildman–Crippen LogP) is 2.13. The Morgan fingerprint density at radius 3 is 2.50 bits per heavy atom. The molecule has 0 aliphatic heterocycles. The smallest absolute Gasteiger partial charge is 0.336 e. The molecule has 0 aliphatic rings. The van der Waals surface area contributed by atoms with Crippen LogP contribution < -0.4 is 5.32 Å². The van der Waals surface area contributed by atoms with E-state index >= 15 is 0 Å². The van der Waals surface area contributed by atoms with E-state index < -0.39 is 5.97 Å². The molecular weight excluding hydrogens is 206 g/mol. The van der Waals surface area contributed by atoms with Crippen molar-refractivity contribution in [1.29, 1.82) is 0 Å². The highest BCUT2D eigenvalue weighted by Gasteiger charge is 2.11. The summed E-state index contributed by atoms with van der Waals surface area (Å²) in [5.41, 5.74) is 2.17. The van der Waals surface area contributed by atoms with Gasteiger partial charge in [0.25, 0.3) is 0 Å². The summed E-state index contributed by atoms with van der Waals surface area (Å²) >= 11 is 0. The van der Waals surface area contributed by atoms with Crippen LogP contribution >= 0.6 is 0 Å². The van der Waals surface area contributed by atoms with E-state index in [0.29, 0.717) is 11.3 Å². The Labute approximate surface area is 93.6 Å². The molecule has 1 aromatic rings. The van der Waals surface area contributed by atoms with Crippen molar-refractivity contribution in [3.63, 3.8) is 0 Å². The van der Waals surface area contributed by atoms with E-state index in [1.807, 2.05) is 0 Å². The van der Waals surface area contributed by atoms with Gasteiger partial charge in [-0.05, 0) is 43.2 Å². The molecule has 0 aliphatic carbocycles. The normalized spacial score (nSPS) is 9.62. The zero-order valence-electron chi connectivity index (χ0n) is 9.20. The van der Waals surface area contributed by atoms with E-state index in [-0.39, 0.29) is 11.5 Å². The van der Waals surface area contributed by atoms with Gasteiger partial charge in [0, 0.05) is 5.69 Å². The summed E-state index contributed by atoms with van der Waals surface area (Å²) in [6.45, 7) is 6.86. The molecule has 1 rings (SSSR count). The molecule has 4 nitrogen and oxygen atoms in total. The van der Waals surface area contributed by atoms with E-state index in [4.69, 9.17) is 5.11 Å². The number of benzene rings is 1. The number of carboxylic acid groups (broad SMARTS) is 1. The Morgan fingerprint density at radius 2 is 2.00 bits per heavy atom. The highest BCUT2D eigenvalue weighted by Crippen LogP contribution is 2.20. The molecule has 2 N–H and O–H groups in total. The summed E-state index contributed by atoms with van der Waals surface area (Å²) in [7, 11) is 0. The topological polar surface area (TPSA) is 66.4 Å². The second-order valence-electron chi connectivity index (χ2n) is 3.46. The third kappa shape index (κ3) is 2.48. The predicted molar refractivity (Wildman–Crippen MR) is 61.7 cm³/mol. The summed E-state index contributed by atoms with van der Waals surface area (Å²) < 4.78 is 0. The van der Waals surface area contributed by atoms with Crippen molar-refractivity contribution in [2.24, 2.45) is 0 Å². The number of aromatic carboxylic acids is 1. The lowest BCUT2D eigenvalue weighted by Gasteiger charge is -2.09. The minimum atomic E-state index is -1.00. The molecule has 0 radical (unpaired) electrons. The number of nitrogens with one attached hydrogen (secondary N) is 1. The SMILES string of the molecule is C=CC(=O)Nc1cc(C)c(C)c(C(=O)O)c1. The maximum atomic E-state index is 11.1. The van der Waals surface area contributed by atoms with Crippen LogP contribution in [0.1, 0.15) is 21.5 Å². The standard InChI is InChI=1S/C12H13NO3/c1-4-11(14)13-9-5-7(2)8(3)10(6-9)12(15)16/h4-6H,1H2,2-3H3,(H,13,14)(H,15,16). The molecule has 1 amide bonds. The Hall–Kier alpha value is -2.10. The van der Waals surface area contributed by atoms with Crippen LogP contribution in [0.4, 0.5) is 5.69 Å². The van der Waals surface area contributed by atoms with Gasteiger partial charge in [0.1, 0.15) is 0 Å². The van der Waals surface area contributed by atoms with Crippen LogP contribution in [0, 0.1) is 13.8 Å². The second-order valence-corrected chi connectivity index (χ2v) is 3.46. The highest BCUT2D eigenvalue weighted by molar-refractivity contribution is 6.00. The van der Waals surface area contributed by atoms with Crippen molar-refractivity contribution in [2.75, 3.05) is 5.32 Å². The summed E-state index contributed by atoms with van der Waals surface area (Å²) in [6.07, 6.45) is 1.13. The largest absolute Gasteiger partial charge is 0.478 e. The Bertz CT molecular complexity index is 464. The van der Waals surface area contributed by atoms with E-state index in [9.17, 15) is 9.59 Å². The van der Waals surface area contributed by atoms with Crippen LogP contribution in [-0.2, 0) is 4.79 Å². The van der Waals surface area contributed by atoms with Crippen molar-refractivity contribution in [3.05, 3.63) is 41.5 Å². The maximum absolute atomic E-state index is 11.1. The van der Waals surface area contributed by atoms with Crippen LogP contribution in [0.3, 0.4) is 0 Å². The fourth-order valence-corrected chi connectivity index (χ4v) is 1.35. The molecule has 0 saturated carbocycles. The van der Waals surface area contributed by atoms with Gasteiger partial charge in [-0.3, -0.25) is 4.79 Å². The first-order chi connectivity index (χ1) is 7.45. The molecule has 0 spiro atoms. The molecule has 0 unspecified atom stereocenters. The maximum Gasteiger partial charge on any atom is 0.336 e. The van der Waals surface area contributed by atoms with Gasteiger partial charge >= 0.3 is 5.97 Å². The number of hydrogen-bond donors (Lipinski definition) is 2. The molecule has 16 heavy (non-hydrogen) atoms. The Morgan fingerprint density at radius 1 is 1.38 bits per heavy atom. The van der Waals surface area contributed by atoms with Gasteiger partial charge < -0.3 is 10.4 Å². The zero-order chi connectivity index (χ0) is 12.3. The van der Waals surface area contributed by atoms with Crippen molar-refractivity contribution >= 4 is 17.6 Å². The fourth-order valence-electron chi connectivity index (χ4n) is 1.35. The average molecular weight is 219 g/mol. The first-order valence-corrected chi connectivity index (χ1v) is 4.73. The molecular formula is C12H13NO3. The number of carbonyl (C=O) groups excluding carboxylic acids is 1. The number of amides is 1. The molecule has 0 aromatic heterocycles. The van der Waals surface area contributed by atoms with Gasteiger partial charge in [-0.1, -0.05) is 6.58 Å². The molecule has 84 valence electrons. The highest BCUT2D eigenvalue weighted by atomic mass is 16.4. The molecule has 0 atom stereocenters. The number of hydrogen-bond acceptors (Lipinski definition) is 2. The van der Waals surface area contributed by atoms with Crippen molar-refractivity contribution in [1.82, 2.24) is 0 Å². The lowest BCUT2D eigenvalue weighted by molar-refractivity contribution is -0.111. The average Bonchev–Trinajstić information content (AvgIpc) is 2.22. The summed E-state index contributed by atoms with van der Waals surface area (Å²) in [6, 6.07) is 3.16. The monoisotopic (exact) mass is 219 g/mol. The van der Waals surface area contributed by atoms with Crippen molar-refractivity contribution in [3.8, 4) is 0 Å². The summed E-state index contributed by atoms with van der Waals surface area (Å²) in [5, 5.41) is 11.5. The van der Waals surface area contributed by atoms with Crippen LogP contribution in [0.25, 0.3) is 0 Å².